The number of hydrogen-bond donors (Lipinski definition) is 0. The summed E-state index contributed by atoms with van der Waals surface area (Å²) in [5, 5.41) is 1.00. The van der Waals surface area contributed by atoms with E-state index in [1.165, 1.54) is 5.56 Å². The van der Waals surface area contributed by atoms with Crippen LogP contribution in [0.25, 0.3) is 11.0 Å². The summed E-state index contributed by atoms with van der Waals surface area (Å²) in [6.45, 7) is 2.53. The molecule has 0 saturated heterocycles. The predicted molar refractivity (Wildman–Crippen MR) is 95.9 cm³/mol. The summed E-state index contributed by atoms with van der Waals surface area (Å²) in [6, 6.07) is 18.7. The van der Waals surface area contributed by atoms with Crippen LogP contribution in [0.4, 0.5) is 0 Å². The van der Waals surface area contributed by atoms with Gasteiger partial charge in [-0.15, -0.1) is 0 Å². The van der Waals surface area contributed by atoms with Crippen molar-refractivity contribution in [3.8, 4) is 0 Å². The first-order chi connectivity index (χ1) is 11.2. The van der Waals surface area contributed by atoms with Gasteiger partial charge in [0, 0.05) is 18.7 Å². The van der Waals surface area contributed by atoms with E-state index in [4.69, 9.17) is 4.98 Å². The molecule has 0 atom stereocenters. The van der Waals surface area contributed by atoms with Crippen molar-refractivity contribution in [3.05, 3.63) is 60.2 Å². The molecule has 3 nitrogen and oxygen atoms in total. The van der Waals surface area contributed by atoms with Gasteiger partial charge < -0.3 is 4.57 Å². The molecule has 0 saturated carbocycles. The van der Waals surface area contributed by atoms with E-state index < -0.39 is 0 Å². The zero-order valence-corrected chi connectivity index (χ0v) is 14.1. The monoisotopic (exact) mass is 324 g/mol. The third kappa shape index (κ3) is 4.02. The Bertz CT molecular complexity index is 795. The maximum Gasteiger partial charge on any atom is 0.169 e. The number of thioether (sulfide) groups is 1. The molecule has 0 unspecified atom stereocenters. The Morgan fingerprint density at radius 3 is 2.61 bits per heavy atom. The van der Waals surface area contributed by atoms with E-state index in [-0.39, 0.29) is 5.78 Å². The number of Topliss-reactive ketones (excluding diaryl/α,β-unsaturated/α-hetero) is 1. The highest BCUT2D eigenvalue weighted by Crippen LogP contribution is 2.25. The SMILES string of the molecule is CC(=O)CCSc1nc2ccccc2n1CCc1ccccc1. The highest BCUT2D eigenvalue weighted by molar-refractivity contribution is 7.99. The van der Waals surface area contributed by atoms with Gasteiger partial charge in [-0.25, -0.2) is 4.98 Å². The molecule has 0 aliphatic carbocycles. The van der Waals surface area contributed by atoms with Gasteiger partial charge in [-0.2, -0.15) is 0 Å². The number of nitrogens with zero attached hydrogens (tertiary/aromatic N) is 2. The molecule has 2 aromatic carbocycles. The van der Waals surface area contributed by atoms with Gasteiger partial charge in [-0.05, 0) is 31.0 Å². The molecule has 3 rings (SSSR count). The minimum absolute atomic E-state index is 0.226. The van der Waals surface area contributed by atoms with Crippen LogP contribution in [0.3, 0.4) is 0 Å². The molecule has 0 amide bonds. The fraction of sp³-hybridized carbons (Fsp3) is 0.263. The molecule has 0 spiro atoms. The van der Waals surface area contributed by atoms with Crippen molar-refractivity contribution in [2.75, 3.05) is 5.75 Å². The Hall–Kier alpha value is -2.07. The van der Waals surface area contributed by atoms with Crippen molar-refractivity contribution in [2.45, 2.75) is 31.5 Å². The largest absolute Gasteiger partial charge is 0.319 e. The third-order valence-electron chi connectivity index (χ3n) is 3.77. The summed E-state index contributed by atoms with van der Waals surface area (Å²) >= 11 is 1.67. The number of carbonyl (C=O) groups excluding carboxylic acids is 1. The average molecular weight is 324 g/mol. The predicted octanol–water partition coefficient (Wildman–Crippen LogP) is 4.35. The Labute approximate surface area is 140 Å². The van der Waals surface area contributed by atoms with Crippen LogP contribution in [0.1, 0.15) is 18.9 Å². The Morgan fingerprint density at radius 2 is 1.83 bits per heavy atom. The average Bonchev–Trinajstić information content (AvgIpc) is 2.91. The molecule has 0 radical (unpaired) electrons. The number of carbonyl (C=O) groups is 1. The summed E-state index contributed by atoms with van der Waals surface area (Å²) < 4.78 is 2.27. The van der Waals surface area contributed by atoms with E-state index in [1.807, 2.05) is 24.3 Å². The lowest BCUT2D eigenvalue weighted by atomic mass is 10.1. The minimum Gasteiger partial charge on any atom is -0.319 e. The molecule has 0 N–H and O–H groups in total. The maximum atomic E-state index is 11.2. The van der Waals surface area contributed by atoms with Crippen molar-refractivity contribution >= 4 is 28.6 Å². The van der Waals surface area contributed by atoms with Crippen LogP contribution in [-0.4, -0.2) is 21.1 Å². The first-order valence-electron chi connectivity index (χ1n) is 7.85. The van der Waals surface area contributed by atoms with Crippen molar-refractivity contribution in [3.63, 3.8) is 0 Å². The van der Waals surface area contributed by atoms with Gasteiger partial charge in [-0.1, -0.05) is 54.2 Å². The normalized spacial score (nSPS) is 11.0. The lowest BCUT2D eigenvalue weighted by Crippen LogP contribution is -2.04. The van der Waals surface area contributed by atoms with Gasteiger partial charge in [0.1, 0.15) is 5.78 Å². The molecule has 4 heteroatoms. The van der Waals surface area contributed by atoms with E-state index >= 15 is 0 Å². The lowest BCUT2D eigenvalue weighted by molar-refractivity contribution is -0.116. The molecule has 0 bridgehead atoms. The first-order valence-corrected chi connectivity index (χ1v) is 8.84. The van der Waals surface area contributed by atoms with Crippen LogP contribution in [-0.2, 0) is 17.8 Å². The van der Waals surface area contributed by atoms with Crippen molar-refractivity contribution < 1.29 is 4.79 Å². The highest BCUT2D eigenvalue weighted by Gasteiger charge is 2.11. The first kappa shape index (κ1) is 15.8. The van der Waals surface area contributed by atoms with Crippen LogP contribution >= 0.6 is 11.8 Å². The number of benzene rings is 2. The second kappa shape index (κ2) is 7.47. The number of hydrogen-bond acceptors (Lipinski definition) is 3. The number of aromatic nitrogens is 2. The summed E-state index contributed by atoms with van der Waals surface area (Å²) in [6.07, 6.45) is 1.56. The van der Waals surface area contributed by atoms with Crippen LogP contribution in [0.5, 0.6) is 0 Å². The molecule has 1 aromatic heterocycles. The van der Waals surface area contributed by atoms with Crippen LogP contribution in [0, 0.1) is 0 Å². The van der Waals surface area contributed by atoms with Crippen molar-refractivity contribution in [1.29, 1.82) is 0 Å². The Morgan fingerprint density at radius 1 is 1.09 bits per heavy atom. The molecule has 0 aliphatic rings. The quantitative estimate of drug-likeness (QED) is 0.606. The summed E-state index contributed by atoms with van der Waals surface area (Å²) in [5.41, 5.74) is 3.50. The smallest absolute Gasteiger partial charge is 0.169 e. The van der Waals surface area contributed by atoms with Crippen LogP contribution in [0.15, 0.2) is 59.8 Å². The number of ketones is 1. The summed E-state index contributed by atoms with van der Waals surface area (Å²) in [7, 11) is 0. The number of para-hydroxylation sites is 2. The van der Waals surface area contributed by atoms with Gasteiger partial charge in [0.25, 0.3) is 0 Å². The summed E-state index contributed by atoms with van der Waals surface area (Å²) in [4.78, 5) is 15.9. The van der Waals surface area contributed by atoms with Gasteiger partial charge >= 0.3 is 0 Å². The number of rotatable bonds is 7. The van der Waals surface area contributed by atoms with Gasteiger partial charge in [0.15, 0.2) is 5.16 Å². The highest BCUT2D eigenvalue weighted by atomic mass is 32.2. The Kier molecular flexibility index (Phi) is 5.13. The van der Waals surface area contributed by atoms with E-state index in [0.29, 0.717) is 6.42 Å². The molecular weight excluding hydrogens is 304 g/mol. The van der Waals surface area contributed by atoms with Crippen molar-refractivity contribution in [1.82, 2.24) is 9.55 Å². The molecule has 0 fully saturated rings. The molecular formula is C19H20N2OS. The zero-order valence-electron chi connectivity index (χ0n) is 13.2. The number of fused-ring (bicyclic) bond motifs is 1. The molecule has 23 heavy (non-hydrogen) atoms. The third-order valence-corrected chi connectivity index (χ3v) is 4.75. The van der Waals surface area contributed by atoms with E-state index in [1.54, 1.807) is 18.7 Å². The number of aryl methyl sites for hydroxylation is 2. The molecule has 3 aromatic rings. The molecule has 0 aliphatic heterocycles. The van der Waals surface area contributed by atoms with E-state index in [9.17, 15) is 4.79 Å². The van der Waals surface area contributed by atoms with Gasteiger partial charge in [-0.3, -0.25) is 4.79 Å². The van der Waals surface area contributed by atoms with E-state index in [2.05, 4.69) is 34.9 Å². The molecule has 118 valence electrons. The zero-order chi connectivity index (χ0) is 16.1. The Balaban J connectivity index is 1.82. The van der Waals surface area contributed by atoms with Gasteiger partial charge in [0.05, 0.1) is 11.0 Å². The standard InChI is InChI=1S/C19H20N2OS/c1-15(22)12-14-23-19-20-17-9-5-6-10-18(17)21(19)13-11-16-7-3-2-4-8-16/h2-10H,11-14H2,1H3. The van der Waals surface area contributed by atoms with Crippen LogP contribution in [0.2, 0.25) is 0 Å². The van der Waals surface area contributed by atoms with Crippen molar-refractivity contribution in [2.24, 2.45) is 0 Å². The summed E-state index contributed by atoms with van der Waals surface area (Å²) in [5.74, 6) is 1.01. The number of imidazole rings is 1. The lowest BCUT2D eigenvalue weighted by Gasteiger charge is -2.09. The maximum absolute atomic E-state index is 11.2. The second-order valence-corrected chi connectivity index (χ2v) is 6.63. The second-order valence-electron chi connectivity index (χ2n) is 5.57. The molecule has 1 heterocycles. The van der Waals surface area contributed by atoms with Crippen LogP contribution < -0.4 is 0 Å². The topological polar surface area (TPSA) is 34.9 Å². The fourth-order valence-electron chi connectivity index (χ4n) is 2.55. The van der Waals surface area contributed by atoms with E-state index in [0.717, 1.165) is 34.9 Å². The fourth-order valence-corrected chi connectivity index (χ4v) is 3.63. The van der Waals surface area contributed by atoms with Gasteiger partial charge in [0.2, 0.25) is 0 Å². The minimum atomic E-state index is 0.226.